The fourth-order valence-electron chi connectivity index (χ4n) is 3.30. The highest BCUT2D eigenvalue weighted by Gasteiger charge is 2.34. The number of hydrogen-bond acceptors (Lipinski definition) is 3. The van der Waals surface area contributed by atoms with E-state index in [0.29, 0.717) is 11.8 Å². The number of nitrogens with zero attached hydrogens (tertiary/aromatic N) is 2. The maximum atomic E-state index is 6.22. The van der Waals surface area contributed by atoms with E-state index in [4.69, 9.17) is 5.73 Å². The van der Waals surface area contributed by atoms with Crippen molar-refractivity contribution in [2.24, 2.45) is 17.6 Å². The molecule has 0 saturated carbocycles. The maximum absolute atomic E-state index is 6.22. The Morgan fingerprint density at radius 3 is 2.19 bits per heavy atom. The highest BCUT2D eigenvalue weighted by molar-refractivity contribution is 5.04. The molecule has 0 spiro atoms. The largest absolute Gasteiger partial charge is 0.329 e. The van der Waals surface area contributed by atoms with E-state index in [1.54, 1.807) is 0 Å². The monoisotopic (exact) mass is 291 g/mol. The molecule has 0 fully saturated rings. The molecule has 120 valence electrons. The molecule has 0 bridgehead atoms. The fourth-order valence-corrected chi connectivity index (χ4v) is 3.30. The van der Waals surface area contributed by atoms with Gasteiger partial charge >= 0.3 is 0 Å². The third-order valence-corrected chi connectivity index (χ3v) is 4.20. The molecule has 3 heteroatoms. The summed E-state index contributed by atoms with van der Waals surface area (Å²) < 4.78 is 0. The Labute approximate surface area is 130 Å². The van der Waals surface area contributed by atoms with Crippen LogP contribution in [0.1, 0.15) is 46.2 Å². The molecule has 0 unspecified atom stereocenters. The van der Waals surface area contributed by atoms with Crippen molar-refractivity contribution in [2.75, 3.05) is 20.1 Å². The van der Waals surface area contributed by atoms with Gasteiger partial charge in [0.05, 0.1) is 0 Å². The van der Waals surface area contributed by atoms with Crippen LogP contribution in [-0.4, -0.2) is 35.6 Å². The van der Waals surface area contributed by atoms with Gasteiger partial charge in [0.2, 0.25) is 0 Å². The van der Waals surface area contributed by atoms with Crippen molar-refractivity contribution in [3.8, 4) is 0 Å². The summed E-state index contributed by atoms with van der Waals surface area (Å²) in [6.07, 6.45) is 5.16. The summed E-state index contributed by atoms with van der Waals surface area (Å²) in [7, 11) is 2.22. The lowest BCUT2D eigenvalue weighted by molar-refractivity contribution is 0.0790. The molecule has 0 atom stereocenters. The quantitative estimate of drug-likeness (QED) is 0.758. The molecule has 0 aliphatic carbocycles. The van der Waals surface area contributed by atoms with Gasteiger partial charge in [-0.05, 0) is 43.9 Å². The average molecular weight is 291 g/mol. The number of aromatic nitrogens is 1. The topological polar surface area (TPSA) is 42.1 Å². The number of pyridine rings is 1. The van der Waals surface area contributed by atoms with E-state index < -0.39 is 0 Å². The molecule has 0 radical (unpaired) electrons. The highest BCUT2D eigenvalue weighted by Crippen LogP contribution is 2.29. The van der Waals surface area contributed by atoms with Crippen molar-refractivity contribution in [1.29, 1.82) is 0 Å². The SMILES string of the molecule is CC(C)CC(CN)(CC(C)C)N(C)CCc1ccccn1. The average Bonchev–Trinajstić information content (AvgIpc) is 2.44. The summed E-state index contributed by atoms with van der Waals surface area (Å²) >= 11 is 0. The van der Waals surface area contributed by atoms with Gasteiger partial charge in [0, 0.05) is 36.9 Å². The van der Waals surface area contributed by atoms with Crippen LogP contribution in [0.5, 0.6) is 0 Å². The Morgan fingerprint density at radius 1 is 1.14 bits per heavy atom. The lowest BCUT2D eigenvalue weighted by atomic mass is 9.80. The Morgan fingerprint density at radius 2 is 1.76 bits per heavy atom. The van der Waals surface area contributed by atoms with Gasteiger partial charge in [-0.25, -0.2) is 0 Å². The van der Waals surface area contributed by atoms with Crippen molar-refractivity contribution < 1.29 is 0 Å². The summed E-state index contributed by atoms with van der Waals surface area (Å²) in [6, 6.07) is 6.12. The third-order valence-electron chi connectivity index (χ3n) is 4.20. The normalized spacial score (nSPS) is 12.6. The van der Waals surface area contributed by atoms with Crippen LogP contribution in [0.4, 0.5) is 0 Å². The third kappa shape index (κ3) is 5.76. The first-order chi connectivity index (χ1) is 9.89. The maximum Gasteiger partial charge on any atom is 0.0416 e. The first-order valence-electron chi connectivity index (χ1n) is 8.21. The molecular formula is C18H33N3. The predicted molar refractivity (Wildman–Crippen MR) is 91.3 cm³/mol. The first kappa shape index (κ1) is 18.1. The number of rotatable bonds is 9. The molecular weight excluding hydrogens is 258 g/mol. The zero-order chi connectivity index (χ0) is 15.9. The van der Waals surface area contributed by atoms with E-state index in [1.807, 2.05) is 12.3 Å². The second-order valence-corrected chi connectivity index (χ2v) is 7.12. The minimum absolute atomic E-state index is 0.108. The summed E-state index contributed by atoms with van der Waals surface area (Å²) in [5.74, 6) is 1.31. The van der Waals surface area contributed by atoms with Crippen molar-refractivity contribution in [3.05, 3.63) is 30.1 Å². The van der Waals surface area contributed by atoms with Crippen LogP contribution in [0, 0.1) is 11.8 Å². The molecule has 0 aliphatic heterocycles. The Hall–Kier alpha value is -0.930. The standard InChI is InChI=1S/C18H33N3/c1-15(2)12-18(14-19,13-16(3)4)21(5)11-9-17-8-6-7-10-20-17/h6-8,10,15-16H,9,11-14,19H2,1-5H3. The van der Waals surface area contributed by atoms with Crippen molar-refractivity contribution in [1.82, 2.24) is 9.88 Å². The Kier molecular flexibility index (Phi) is 7.33. The molecule has 1 rings (SSSR count). The molecule has 3 nitrogen and oxygen atoms in total. The summed E-state index contributed by atoms with van der Waals surface area (Å²) in [4.78, 5) is 6.90. The molecule has 2 N–H and O–H groups in total. The lowest BCUT2D eigenvalue weighted by Gasteiger charge is -2.44. The summed E-state index contributed by atoms with van der Waals surface area (Å²) in [6.45, 7) is 10.9. The van der Waals surface area contributed by atoms with Gasteiger partial charge in [-0.15, -0.1) is 0 Å². The zero-order valence-corrected chi connectivity index (χ0v) is 14.5. The van der Waals surface area contributed by atoms with Crippen LogP contribution in [0.15, 0.2) is 24.4 Å². The van der Waals surface area contributed by atoms with E-state index in [0.717, 1.165) is 38.0 Å². The number of nitrogens with two attached hydrogens (primary N) is 1. The van der Waals surface area contributed by atoms with E-state index in [2.05, 4.69) is 56.8 Å². The molecule has 0 saturated heterocycles. The second kappa shape index (κ2) is 8.50. The van der Waals surface area contributed by atoms with Crippen LogP contribution < -0.4 is 5.73 Å². The van der Waals surface area contributed by atoms with Crippen LogP contribution in [-0.2, 0) is 6.42 Å². The van der Waals surface area contributed by atoms with E-state index in [9.17, 15) is 0 Å². The number of hydrogen-bond donors (Lipinski definition) is 1. The smallest absolute Gasteiger partial charge is 0.0416 e. The molecule has 0 aromatic carbocycles. The molecule has 0 aliphatic rings. The van der Waals surface area contributed by atoms with Gasteiger partial charge < -0.3 is 5.73 Å². The number of likely N-dealkylation sites (N-methyl/N-ethyl adjacent to an activating group) is 1. The van der Waals surface area contributed by atoms with Crippen LogP contribution >= 0.6 is 0 Å². The predicted octanol–water partition coefficient (Wildman–Crippen LogP) is 3.35. The fraction of sp³-hybridized carbons (Fsp3) is 0.722. The first-order valence-corrected chi connectivity index (χ1v) is 8.21. The van der Waals surface area contributed by atoms with Crippen molar-refractivity contribution >= 4 is 0 Å². The van der Waals surface area contributed by atoms with E-state index in [-0.39, 0.29) is 5.54 Å². The molecule has 21 heavy (non-hydrogen) atoms. The van der Waals surface area contributed by atoms with Gasteiger partial charge in [-0.2, -0.15) is 0 Å². The zero-order valence-electron chi connectivity index (χ0n) is 14.5. The summed E-state index contributed by atoms with van der Waals surface area (Å²) in [5, 5.41) is 0. The lowest BCUT2D eigenvalue weighted by Crippen LogP contribution is -2.54. The summed E-state index contributed by atoms with van der Waals surface area (Å²) in [5.41, 5.74) is 7.48. The minimum Gasteiger partial charge on any atom is -0.329 e. The van der Waals surface area contributed by atoms with E-state index in [1.165, 1.54) is 0 Å². The molecule has 1 aromatic heterocycles. The second-order valence-electron chi connectivity index (χ2n) is 7.12. The van der Waals surface area contributed by atoms with E-state index >= 15 is 0 Å². The van der Waals surface area contributed by atoms with Crippen molar-refractivity contribution in [2.45, 2.75) is 52.5 Å². The Bertz CT molecular complexity index is 377. The van der Waals surface area contributed by atoms with Gasteiger partial charge in [0.1, 0.15) is 0 Å². The Balaban J connectivity index is 2.76. The van der Waals surface area contributed by atoms with Gasteiger partial charge in [0.15, 0.2) is 0 Å². The highest BCUT2D eigenvalue weighted by atomic mass is 15.2. The molecule has 1 heterocycles. The van der Waals surface area contributed by atoms with Crippen LogP contribution in [0.25, 0.3) is 0 Å². The molecule has 1 aromatic rings. The van der Waals surface area contributed by atoms with Crippen LogP contribution in [0.3, 0.4) is 0 Å². The minimum atomic E-state index is 0.108. The van der Waals surface area contributed by atoms with Gasteiger partial charge in [-0.1, -0.05) is 33.8 Å². The van der Waals surface area contributed by atoms with Crippen LogP contribution in [0.2, 0.25) is 0 Å². The molecule has 0 amide bonds. The van der Waals surface area contributed by atoms with Gasteiger partial charge in [-0.3, -0.25) is 9.88 Å². The van der Waals surface area contributed by atoms with Gasteiger partial charge in [0.25, 0.3) is 0 Å². The van der Waals surface area contributed by atoms with Crippen molar-refractivity contribution in [3.63, 3.8) is 0 Å².